The van der Waals surface area contributed by atoms with Gasteiger partial charge >= 0.3 is 5.97 Å². The van der Waals surface area contributed by atoms with Crippen LogP contribution in [-0.2, 0) is 4.79 Å². The monoisotopic (exact) mass is 217 g/mol. The molecule has 84 valence electrons. The van der Waals surface area contributed by atoms with E-state index in [2.05, 4.69) is 11.4 Å². The van der Waals surface area contributed by atoms with E-state index in [1.807, 2.05) is 18.2 Å². The lowest BCUT2D eigenvalue weighted by atomic mass is 9.99. The lowest BCUT2D eigenvalue weighted by Crippen LogP contribution is -2.13. The molecule has 16 heavy (non-hydrogen) atoms. The van der Waals surface area contributed by atoms with Gasteiger partial charge in [-0.25, -0.2) is 4.79 Å². The fraction of sp³-hybridized carbons (Fsp3) is 0.308. The quantitative estimate of drug-likeness (QED) is 0.763. The average molecular weight is 217 g/mol. The Morgan fingerprint density at radius 2 is 2.25 bits per heavy atom. The van der Waals surface area contributed by atoms with Gasteiger partial charge in [0.25, 0.3) is 0 Å². The number of carbonyl (C=O) groups is 1. The van der Waals surface area contributed by atoms with Crippen molar-refractivity contribution < 1.29 is 9.90 Å². The highest BCUT2D eigenvalue weighted by molar-refractivity contribution is 5.85. The minimum absolute atomic E-state index is 0.370. The number of rotatable bonds is 3. The van der Waals surface area contributed by atoms with E-state index in [-0.39, 0.29) is 0 Å². The summed E-state index contributed by atoms with van der Waals surface area (Å²) in [6.07, 6.45) is 5.16. The molecule has 0 spiro atoms. The molecule has 2 rings (SSSR count). The summed E-state index contributed by atoms with van der Waals surface area (Å²) in [6, 6.07) is 8.31. The summed E-state index contributed by atoms with van der Waals surface area (Å²) in [6.45, 7) is 1.04. The van der Waals surface area contributed by atoms with Crippen LogP contribution < -0.4 is 5.32 Å². The summed E-state index contributed by atoms with van der Waals surface area (Å²) in [5.41, 5.74) is 2.18. The van der Waals surface area contributed by atoms with Crippen molar-refractivity contribution in [2.24, 2.45) is 0 Å². The molecule has 0 aromatic heterocycles. The van der Waals surface area contributed by atoms with E-state index in [0.717, 1.165) is 18.5 Å². The Morgan fingerprint density at radius 1 is 1.44 bits per heavy atom. The molecule has 0 amide bonds. The van der Waals surface area contributed by atoms with Crippen LogP contribution in [0.1, 0.15) is 30.0 Å². The van der Waals surface area contributed by atoms with Crippen molar-refractivity contribution in [1.82, 2.24) is 5.32 Å². The molecule has 0 bridgehead atoms. The van der Waals surface area contributed by atoms with E-state index < -0.39 is 5.97 Å². The maximum Gasteiger partial charge on any atom is 0.328 e. The Kier molecular flexibility index (Phi) is 3.37. The lowest BCUT2D eigenvalue weighted by Gasteiger charge is -2.13. The van der Waals surface area contributed by atoms with Crippen LogP contribution >= 0.6 is 0 Å². The van der Waals surface area contributed by atoms with Crippen LogP contribution in [0.3, 0.4) is 0 Å². The van der Waals surface area contributed by atoms with Crippen LogP contribution in [-0.4, -0.2) is 17.6 Å². The first-order chi connectivity index (χ1) is 7.77. The van der Waals surface area contributed by atoms with Gasteiger partial charge in [-0.1, -0.05) is 24.3 Å². The first-order valence-electron chi connectivity index (χ1n) is 5.50. The van der Waals surface area contributed by atoms with Gasteiger partial charge in [-0.05, 0) is 36.6 Å². The van der Waals surface area contributed by atoms with Gasteiger partial charge in [0, 0.05) is 12.1 Å². The Bertz CT molecular complexity index is 406. The third-order valence-corrected chi connectivity index (χ3v) is 2.84. The zero-order chi connectivity index (χ0) is 11.4. The van der Waals surface area contributed by atoms with Crippen LogP contribution in [0.25, 0.3) is 6.08 Å². The minimum Gasteiger partial charge on any atom is -0.478 e. The van der Waals surface area contributed by atoms with E-state index in [4.69, 9.17) is 5.11 Å². The first kappa shape index (κ1) is 10.9. The Morgan fingerprint density at radius 3 is 2.94 bits per heavy atom. The third-order valence-electron chi connectivity index (χ3n) is 2.84. The molecule has 1 atom stereocenters. The highest BCUT2D eigenvalue weighted by atomic mass is 16.4. The summed E-state index contributed by atoms with van der Waals surface area (Å²) in [5, 5.41) is 12.0. The molecule has 1 aliphatic rings. The summed E-state index contributed by atoms with van der Waals surface area (Å²) >= 11 is 0. The number of aliphatic carboxylic acids is 1. The molecule has 1 heterocycles. The van der Waals surface area contributed by atoms with Gasteiger partial charge in [0.2, 0.25) is 0 Å². The Balaban J connectivity index is 2.26. The smallest absolute Gasteiger partial charge is 0.328 e. The highest BCUT2D eigenvalue weighted by Gasteiger charge is 2.17. The van der Waals surface area contributed by atoms with Crippen LogP contribution in [0.5, 0.6) is 0 Å². The normalized spacial score (nSPS) is 20.4. The number of benzene rings is 1. The molecule has 2 N–H and O–H groups in total. The fourth-order valence-electron chi connectivity index (χ4n) is 2.09. The summed E-state index contributed by atoms with van der Waals surface area (Å²) in [5.74, 6) is -0.908. The Labute approximate surface area is 94.8 Å². The standard InChI is InChI=1S/C13H15NO2/c15-13(16)8-7-10-4-1-2-5-11(10)12-6-3-9-14-12/h1-2,4-5,7-8,12,14H,3,6,9H2,(H,15,16)/b8-7+/t12-/m0/s1. The maximum atomic E-state index is 10.5. The van der Waals surface area contributed by atoms with Crippen LogP contribution in [0.2, 0.25) is 0 Å². The van der Waals surface area contributed by atoms with Crippen molar-refractivity contribution in [3.05, 3.63) is 41.5 Å². The van der Waals surface area contributed by atoms with Crippen molar-refractivity contribution in [3.8, 4) is 0 Å². The van der Waals surface area contributed by atoms with Crippen molar-refractivity contribution in [2.45, 2.75) is 18.9 Å². The average Bonchev–Trinajstić information content (AvgIpc) is 2.80. The second-order valence-corrected chi connectivity index (χ2v) is 3.95. The molecule has 3 nitrogen and oxygen atoms in total. The van der Waals surface area contributed by atoms with Gasteiger partial charge in [-0.2, -0.15) is 0 Å². The molecule has 0 saturated carbocycles. The largest absolute Gasteiger partial charge is 0.478 e. The van der Waals surface area contributed by atoms with Crippen molar-refractivity contribution in [1.29, 1.82) is 0 Å². The van der Waals surface area contributed by atoms with Crippen molar-refractivity contribution in [3.63, 3.8) is 0 Å². The van der Waals surface area contributed by atoms with E-state index >= 15 is 0 Å². The number of hydrogen-bond donors (Lipinski definition) is 2. The highest BCUT2D eigenvalue weighted by Crippen LogP contribution is 2.26. The molecule has 1 aromatic rings. The molecule has 3 heteroatoms. The summed E-state index contributed by atoms with van der Waals surface area (Å²) in [4.78, 5) is 10.5. The predicted molar refractivity (Wildman–Crippen MR) is 63.1 cm³/mol. The van der Waals surface area contributed by atoms with Gasteiger partial charge in [0.1, 0.15) is 0 Å². The van der Waals surface area contributed by atoms with Crippen molar-refractivity contribution >= 4 is 12.0 Å². The molecule has 0 aliphatic carbocycles. The van der Waals surface area contributed by atoms with Gasteiger partial charge < -0.3 is 10.4 Å². The maximum absolute atomic E-state index is 10.5. The van der Waals surface area contributed by atoms with E-state index in [0.29, 0.717) is 6.04 Å². The minimum atomic E-state index is -0.908. The van der Waals surface area contributed by atoms with Crippen LogP contribution in [0, 0.1) is 0 Å². The van der Waals surface area contributed by atoms with Gasteiger partial charge in [-0.15, -0.1) is 0 Å². The molecule has 1 fully saturated rings. The first-order valence-corrected chi connectivity index (χ1v) is 5.50. The summed E-state index contributed by atoms with van der Waals surface area (Å²) in [7, 11) is 0. The van der Waals surface area contributed by atoms with Gasteiger partial charge in [0.15, 0.2) is 0 Å². The topological polar surface area (TPSA) is 49.3 Å². The molecular weight excluding hydrogens is 202 g/mol. The molecule has 0 unspecified atom stereocenters. The molecule has 1 aliphatic heterocycles. The molecule has 1 aromatic carbocycles. The van der Waals surface area contributed by atoms with Crippen LogP contribution in [0.4, 0.5) is 0 Å². The second kappa shape index (κ2) is 4.94. The number of nitrogens with one attached hydrogen (secondary N) is 1. The van der Waals surface area contributed by atoms with Gasteiger partial charge in [0.05, 0.1) is 0 Å². The lowest BCUT2D eigenvalue weighted by molar-refractivity contribution is -0.131. The molecular formula is C13H15NO2. The predicted octanol–water partition coefficient (Wildman–Crippen LogP) is 2.21. The van der Waals surface area contributed by atoms with Crippen LogP contribution in [0.15, 0.2) is 30.3 Å². The SMILES string of the molecule is O=C(O)/C=C/c1ccccc1[C@@H]1CCCN1. The molecule has 0 radical (unpaired) electrons. The fourth-order valence-corrected chi connectivity index (χ4v) is 2.09. The van der Waals surface area contributed by atoms with E-state index in [1.165, 1.54) is 18.1 Å². The number of carboxylic acid groups (broad SMARTS) is 1. The zero-order valence-electron chi connectivity index (χ0n) is 9.02. The third kappa shape index (κ3) is 2.49. The Hall–Kier alpha value is -1.61. The number of carboxylic acids is 1. The zero-order valence-corrected chi connectivity index (χ0v) is 9.02. The summed E-state index contributed by atoms with van der Waals surface area (Å²) < 4.78 is 0. The van der Waals surface area contributed by atoms with Crippen molar-refractivity contribution in [2.75, 3.05) is 6.54 Å². The van der Waals surface area contributed by atoms with Gasteiger partial charge in [-0.3, -0.25) is 0 Å². The number of hydrogen-bond acceptors (Lipinski definition) is 2. The van der Waals surface area contributed by atoms with E-state index in [9.17, 15) is 4.79 Å². The second-order valence-electron chi connectivity index (χ2n) is 3.95. The molecule has 1 saturated heterocycles. The van der Waals surface area contributed by atoms with E-state index in [1.54, 1.807) is 6.08 Å².